The van der Waals surface area contributed by atoms with Crippen molar-refractivity contribution in [3.8, 4) is 5.75 Å². The summed E-state index contributed by atoms with van der Waals surface area (Å²) in [5, 5.41) is 0. The SMILES string of the molecule is COCC(C)Oc1ccccc1B1OC(C)(C)C(C)(C)O1. The van der Waals surface area contributed by atoms with Crippen molar-refractivity contribution in [2.45, 2.75) is 51.9 Å². The molecular weight excluding hydrogens is 267 g/mol. The van der Waals surface area contributed by atoms with Crippen LogP contribution in [-0.2, 0) is 14.0 Å². The van der Waals surface area contributed by atoms with E-state index in [4.69, 9.17) is 18.8 Å². The monoisotopic (exact) mass is 292 g/mol. The van der Waals surface area contributed by atoms with Gasteiger partial charge in [-0.05, 0) is 40.7 Å². The molecule has 1 fully saturated rings. The van der Waals surface area contributed by atoms with Gasteiger partial charge in [-0.2, -0.15) is 0 Å². The van der Waals surface area contributed by atoms with E-state index < -0.39 is 7.12 Å². The third-order valence-electron chi connectivity index (χ3n) is 4.16. The van der Waals surface area contributed by atoms with Crippen LogP contribution in [0.25, 0.3) is 0 Å². The second-order valence-electron chi connectivity index (χ2n) is 6.51. The summed E-state index contributed by atoms with van der Waals surface area (Å²) >= 11 is 0. The van der Waals surface area contributed by atoms with Crippen molar-refractivity contribution in [3.05, 3.63) is 24.3 Å². The Hall–Kier alpha value is -1.04. The van der Waals surface area contributed by atoms with Crippen LogP contribution in [0.1, 0.15) is 34.6 Å². The Bertz CT molecular complexity index is 471. The van der Waals surface area contributed by atoms with Crippen molar-refractivity contribution < 1.29 is 18.8 Å². The van der Waals surface area contributed by atoms with Crippen LogP contribution in [0.15, 0.2) is 24.3 Å². The van der Waals surface area contributed by atoms with Gasteiger partial charge in [0.2, 0.25) is 0 Å². The number of ether oxygens (including phenoxy) is 2. The van der Waals surface area contributed by atoms with Gasteiger partial charge in [0.15, 0.2) is 0 Å². The zero-order valence-electron chi connectivity index (χ0n) is 13.8. The Morgan fingerprint density at radius 3 is 2.24 bits per heavy atom. The fourth-order valence-corrected chi connectivity index (χ4v) is 2.24. The highest BCUT2D eigenvalue weighted by molar-refractivity contribution is 6.63. The third kappa shape index (κ3) is 3.42. The van der Waals surface area contributed by atoms with Crippen molar-refractivity contribution in [1.29, 1.82) is 0 Å². The average molecular weight is 292 g/mol. The summed E-state index contributed by atoms with van der Waals surface area (Å²) in [6.07, 6.45) is -0.0291. The topological polar surface area (TPSA) is 36.9 Å². The van der Waals surface area contributed by atoms with Crippen molar-refractivity contribution in [1.82, 2.24) is 0 Å². The normalized spacial score (nSPS) is 21.3. The van der Waals surface area contributed by atoms with Crippen LogP contribution < -0.4 is 10.2 Å². The lowest BCUT2D eigenvalue weighted by atomic mass is 9.78. The quantitative estimate of drug-likeness (QED) is 0.781. The molecule has 1 unspecified atom stereocenters. The second kappa shape index (κ2) is 5.99. The maximum absolute atomic E-state index is 6.10. The van der Waals surface area contributed by atoms with Gasteiger partial charge in [-0.15, -0.1) is 0 Å². The molecular formula is C16H25BO4. The van der Waals surface area contributed by atoms with Crippen LogP contribution in [0, 0.1) is 0 Å². The van der Waals surface area contributed by atoms with E-state index >= 15 is 0 Å². The molecule has 1 heterocycles. The van der Waals surface area contributed by atoms with Gasteiger partial charge in [0.1, 0.15) is 11.9 Å². The fraction of sp³-hybridized carbons (Fsp3) is 0.625. The lowest BCUT2D eigenvalue weighted by molar-refractivity contribution is 0.00578. The van der Waals surface area contributed by atoms with Crippen molar-refractivity contribution in [3.63, 3.8) is 0 Å². The van der Waals surface area contributed by atoms with Crippen LogP contribution in [-0.4, -0.2) is 38.1 Å². The first-order chi connectivity index (χ1) is 9.77. The van der Waals surface area contributed by atoms with E-state index in [-0.39, 0.29) is 17.3 Å². The molecule has 0 aromatic heterocycles. The molecule has 1 aliphatic rings. The highest BCUT2D eigenvalue weighted by Gasteiger charge is 2.52. The summed E-state index contributed by atoms with van der Waals surface area (Å²) < 4.78 is 23.3. The molecule has 1 aromatic carbocycles. The first kappa shape index (κ1) is 16.3. The van der Waals surface area contributed by atoms with Gasteiger partial charge < -0.3 is 18.8 Å². The molecule has 1 atom stereocenters. The summed E-state index contributed by atoms with van der Waals surface area (Å²) in [6, 6.07) is 7.83. The van der Waals surface area contributed by atoms with Crippen LogP contribution >= 0.6 is 0 Å². The average Bonchev–Trinajstić information content (AvgIpc) is 2.59. The van der Waals surface area contributed by atoms with E-state index in [0.29, 0.717) is 6.61 Å². The molecule has 1 aromatic rings. The Kier molecular flexibility index (Phi) is 4.66. The molecule has 0 aliphatic carbocycles. The van der Waals surface area contributed by atoms with Gasteiger partial charge in [0.25, 0.3) is 0 Å². The Morgan fingerprint density at radius 2 is 1.67 bits per heavy atom. The first-order valence-electron chi connectivity index (χ1n) is 7.37. The number of para-hydroxylation sites is 1. The number of hydrogen-bond acceptors (Lipinski definition) is 4. The first-order valence-corrected chi connectivity index (χ1v) is 7.37. The lowest BCUT2D eigenvalue weighted by Gasteiger charge is -2.32. The third-order valence-corrected chi connectivity index (χ3v) is 4.16. The number of methoxy groups -OCH3 is 1. The Labute approximate surface area is 127 Å². The van der Waals surface area contributed by atoms with E-state index in [1.165, 1.54) is 0 Å². The highest BCUT2D eigenvalue weighted by Crippen LogP contribution is 2.37. The minimum atomic E-state index is -0.416. The summed E-state index contributed by atoms with van der Waals surface area (Å²) in [4.78, 5) is 0. The van der Waals surface area contributed by atoms with E-state index in [1.54, 1.807) is 7.11 Å². The molecule has 2 rings (SSSR count). The van der Waals surface area contributed by atoms with Gasteiger partial charge in [0, 0.05) is 12.6 Å². The smallest absolute Gasteiger partial charge is 0.489 e. The largest absolute Gasteiger partial charge is 0.498 e. The Morgan fingerprint density at radius 1 is 1.10 bits per heavy atom. The predicted octanol–water partition coefficient (Wildman–Crippen LogP) is 2.40. The standard InChI is InChI=1S/C16H25BO4/c1-12(11-18-6)19-14-10-8-7-9-13(14)17-20-15(2,3)16(4,5)21-17/h7-10,12H,11H2,1-6H3. The van der Waals surface area contributed by atoms with Gasteiger partial charge in [0.05, 0.1) is 17.8 Å². The van der Waals surface area contributed by atoms with Crippen molar-refractivity contribution in [2.75, 3.05) is 13.7 Å². The van der Waals surface area contributed by atoms with Gasteiger partial charge in [-0.25, -0.2) is 0 Å². The Balaban J connectivity index is 2.22. The summed E-state index contributed by atoms with van der Waals surface area (Å²) in [7, 11) is 1.25. The van der Waals surface area contributed by atoms with E-state index in [2.05, 4.69) is 0 Å². The molecule has 5 heteroatoms. The van der Waals surface area contributed by atoms with Crippen LogP contribution in [0.2, 0.25) is 0 Å². The van der Waals surface area contributed by atoms with Crippen LogP contribution in [0.4, 0.5) is 0 Å². The lowest BCUT2D eigenvalue weighted by Crippen LogP contribution is -2.41. The van der Waals surface area contributed by atoms with Crippen molar-refractivity contribution in [2.24, 2.45) is 0 Å². The molecule has 1 saturated heterocycles. The summed E-state index contributed by atoms with van der Waals surface area (Å²) in [5.74, 6) is 0.778. The number of rotatable bonds is 5. The molecule has 4 nitrogen and oxygen atoms in total. The molecule has 0 N–H and O–H groups in total. The molecule has 0 radical (unpaired) electrons. The van der Waals surface area contributed by atoms with Crippen LogP contribution in [0.3, 0.4) is 0 Å². The molecule has 0 spiro atoms. The minimum absolute atomic E-state index is 0.0291. The van der Waals surface area contributed by atoms with E-state index in [9.17, 15) is 0 Å². The number of benzene rings is 1. The molecule has 0 bridgehead atoms. The summed E-state index contributed by atoms with van der Waals surface area (Å²) in [5.41, 5.74) is 0.199. The molecule has 116 valence electrons. The number of hydrogen-bond donors (Lipinski definition) is 0. The van der Waals surface area contributed by atoms with Crippen molar-refractivity contribution >= 4 is 12.6 Å². The predicted molar refractivity (Wildman–Crippen MR) is 84.1 cm³/mol. The fourth-order valence-electron chi connectivity index (χ4n) is 2.24. The maximum Gasteiger partial charge on any atom is 0.498 e. The zero-order valence-corrected chi connectivity index (χ0v) is 13.8. The zero-order chi connectivity index (χ0) is 15.7. The highest BCUT2D eigenvalue weighted by atomic mass is 16.7. The van der Waals surface area contributed by atoms with Gasteiger partial charge in [-0.1, -0.05) is 18.2 Å². The second-order valence-corrected chi connectivity index (χ2v) is 6.51. The molecule has 1 aliphatic heterocycles. The van der Waals surface area contributed by atoms with E-state index in [0.717, 1.165) is 11.2 Å². The minimum Gasteiger partial charge on any atom is -0.489 e. The van der Waals surface area contributed by atoms with Crippen LogP contribution in [0.5, 0.6) is 5.75 Å². The maximum atomic E-state index is 6.10. The molecule has 21 heavy (non-hydrogen) atoms. The molecule has 0 amide bonds. The summed E-state index contributed by atoms with van der Waals surface area (Å²) in [6.45, 7) is 10.7. The van der Waals surface area contributed by atoms with E-state index in [1.807, 2.05) is 58.9 Å². The van der Waals surface area contributed by atoms with Gasteiger partial charge >= 0.3 is 7.12 Å². The van der Waals surface area contributed by atoms with Gasteiger partial charge in [-0.3, -0.25) is 0 Å². The molecule has 0 saturated carbocycles.